The normalized spacial score (nSPS) is 21.3. The summed E-state index contributed by atoms with van der Waals surface area (Å²) >= 11 is 0. The Hall–Kier alpha value is -2.83. The second kappa shape index (κ2) is 43.0. The minimum absolute atomic E-state index is 0.133. The lowest BCUT2D eigenvalue weighted by Gasteiger charge is -2.54. The summed E-state index contributed by atoms with van der Waals surface area (Å²) < 4.78 is 43.9. The van der Waals surface area contributed by atoms with Crippen molar-refractivity contribution in [1.29, 1.82) is 0 Å². The van der Waals surface area contributed by atoms with Crippen LogP contribution in [-0.4, -0.2) is 101 Å². The number of unbranched alkanes of at least 4 members (excludes halogenated alkanes) is 12. The molecule has 0 spiro atoms. The van der Waals surface area contributed by atoms with Crippen LogP contribution < -0.4 is 0 Å². The predicted molar refractivity (Wildman–Crippen MR) is 314 cm³/mol. The second-order valence-corrected chi connectivity index (χ2v) is 23.4. The molecule has 4 saturated carbocycles. The highest BCUT2D eigenvalue weighted by Gasteiger charge is 2.60. The fourth-order valence-electron chi connectivity index (χ4n) is 12.2. The Morgan fingerprint density at radius 1 is 0.429 bits per heavy atom. The zero-order valence-electron chi connectivity index (χ0n) is 50.3. The van der Waals surface area contributed by atoms with Gasteiger partial charge in [0.2, 0.25) is 0 Å². The molecule has 0 aliphatic heterocycles. The number of hydrogen-bond acceptors (Lipinski definition) is 11. The molecule has 4 rings (SSSR count). The van der Waals surface area contributed by atoms with Crippen LogP contribution in [0.15, 0.2) is 48.6 Å². The summed E-state index contributed by atoms with van der Waals surface area (Å²) in [7, 11) is 0. The molecule has 0 aromatic heterocycles. The summed E-state index contributed by atoms with van der Waals surface area (Å²) in [5.41, 5.74) is -0.760. The lowest BCUT2D eigenvalue weighted by Crippen LogP contribution is -2.50. The molecule has 0 amide bonds. The minimum Gasteiger partial charge on any atom is -0.465 e. The van der Waals surface area contributed by atoms with Crippen molar-refractivity contribution in [2.75, 3.05) is 65.9 Å². The Bertz CT molecular complexity index is 1590. The maximum absolute atomic E-state index is 13.8. The molecule has 0 N–H and O–H groups in total. The summed E-state index contributed by atoms with van der Waals surface area (Å²) in [6, 6.07) is 0. The van der Waals surface area contributed by atoms with Gasteiger partial charge in [0.05, 0.1) is 32.7 Å². The van der Waals surface area contributed by atoms with Gasteiger partial charge in [-0.15, -0.1) is 0 Å². The van der Waals surface area contributed by atoms with Crippen LogP contribution in [0.4, 0.5) is 0 Å². The van der Waals surface area contributed by atoms with Crippen molar-refractivity contribution >= 4 is 17.9 Å². The van der Waals surface area contributed by atoms with Gasteiger partial charge in [-0.2, -0.15) is 0 Å². The van der Waals surface area contributed by atoms with Crippen LogP contribution in [0.2, 0.25) is 0 Å². The van der Waals surface area contributed by atoms with Crippen LogP contribution in [-0.2, 0) is 47.5 Å². The number of fused-ring (bicyclic) bond motifs is 1. The minimum atomic E-state index is -0.460. The topological polar surface area (TPSA) is 119 Å². The van der Waals surface area contributed by atoms with Gasteiger partial charge in [0, 0.05) is 61.9 Å². The van der Waals surface area contributed by atoms with E-state index in [1.165, 1.54) is 0 Å². The Labute approximate surface area is 471 Å². The summed E-state index contributed by atoms with van der Waals surface area (Å²) in [5, 5.41) is 0. The average Bonchev–Trinajstić information content (AvgIpc) is 3.72. The SMILES string of the molecule is CCC/C=C\CCCCOC(CCC(=O)OCC12CCC3(COC(=O)CCCN(CC)CC)CC(C1)CC(COC(=O)CCC(OCCCC/C=C\CCC)OCCCC/C=C\CCC)(C3)C2)OCCCC/C=C\CCC. The van der Waals surface area contributed by atoms with Crippen LogP contribution in [0.5, 0.6) is 0 Å². The molecule has 0 aromatic rings. The van der Waals surface area contributed by atoms with Crippen molar-refractivity contribution in [1.82, 2.24) is 4.90 Å². The van der Waals surface area contributed by atoms with Crippen LogP contribution in [0.25, 0.3) is 0 Å². The maximum atomic E-state index is 13.8. The van der Waals surface area contributed by atoms with Gasteiger partial charge in [-0.05, 0) is 180 Å². The van der Waals surface area contributed by atoms with Crippen LogP contribution in [0, 0.1) is 22.2 Å². The standard InChI is InChI=1S/C66H115NO10/c1-7-13-17-21-25-29-33-46-71-62(72-47-34-30-26-22-18-14-8-2)41-39-60(69)76-56-65-44-43-64(55-75-59(68)38-37-45-67(11-5)12-6)50-58(51-65)52-66(53-64,54-65)57-77-61(70)40-42-63(73-48-35-31-27-23-19-15-9-3)74-49-36-32-28-24-20-16-10-4/h17-24,58,62-63H,7-16,25-57H2,1-6H3/b21-17-,22-18-,23-19-,24-20-. The fourth-order valence-corrected chi connectivity index (χ4v) is 12.2. The van der Waals surface area contributed by atoms with E-state index in [2.05, 4.69) is 95.1 Å². The molecule has 4 bridgehead atoms. The van der Waals surface area contributed by atoms with E-state index in [1.54, 1.807) is 0 Å². The van der Waals surface area contributed by atoms with E-state index in [-0.39, 0.29) is 47.0 Å². The van der Waals surface area contributed by atoms with Gasteiger partial charge < -0.3 is 38.1 Å². The Morgan fingerprint density at radius 3 is 1.10 bits per heavy atom. The highest BCUT2D eigenvalue weighted by atomic mass is 16.7. The molecular formula is C66H115NO10. The molecule has 11 heteroatoms. The van der Waals surface area contributed by atoms with Crippen LogP contribution in [0.3, 0.4) is 0 Å². The summed E-state index contributed by atoms with van der Waals surface area (Å²) in [6.45, 7) is 19.3. The number of ether oxygens (including phenoxy) is 7. The molecule has 0 radical (unpaired) electrons. The van der Waals surface area contributed by atoms with Crippen molar-refractivity contribution in [2.24, 2.45) is 22.2 Å². The van der Waals surface area contributed by atoms with Crippen molar-refractivity contribution < 1.29 is 47.5 Å². The smallest absolute Gasteiger partial charge is 0.305 e. The second-order valence-electron chi connectivity index (χ2n) is 23.4. The predicted octanol–water partition coefficient (Wildman–Crippen LogP) is 16.5. The Morgan fingerprint density at radius 2 is 0.753 bits per heavy atom. The average molecular weight is 1080 g/mol. The van der Waals surface area contributed by atoms with Crippen molar-refractivity contribution in [2.45, 2.75) is 266 Å². The Kier molecular flexibility index (Phi) is 38.2. The van der Waals surface area contributed by atoms with Gasteiger partial charge in [0.25, 0.3) is 0 Å². The first-order chi connectivity index (χ1) is 37.6. The summed E-state index contributed by atoms with van der Waals surface area (Å²) in [6.07, 6.45) is 47.3. The van der Waals surface area contributed by atoms with E-state index in [1.807, 2.05) is 0 Å². The first-order valence-corrected chi connectivity index (χ1v) is 31.8. The summed E-state index contributed by atoms with van der Waals surface area (Å²) in [5.74, 6) is -0.242. The van der Waals surface area contributed by atoms with E-state index in [0.29, 0.717) is 71.4 Å². The molecule has 4 aliphatic carbocycles. The third-order valence-electron chi connectivity index (χ3n) is 16.2. The number of esters is 3. The molecular weight excluding hydrogens is 967 g/mol. The third-order valence-corrected chi connectivity index (χ3v) is 16.2. The van der Waals surface area contributed by atoms with E-state index < -0.39 is 12.6 Å². The van der Waals surface area contributed by atoms with E-state index in [9.17, 15) is 14.4 Å². The van der Waals surface area contributed by atoms with Crippen LogP contribution >= 0.6 is 0 Å². The molecule has 0 aromatic carbocycles. The molecule has 4 atom stereocenters. The maximum Gasteiger partial charge on any atom is 0.305 e. The zero-order chi connectivity index (χ0) is 55.6. The molecule has 4 fully saturated rings. The molecule has 444 valence electrons. The third kappa shape index (κ3) is 31.1. The van der Waals surface area contributed by atoms with Gasteiger partial charge in [-0.1, -0.05) is 116 Å². The van der Waals surface area contributed by atoms with Crippen molar-refractivity contribution in [3.8, 4) is 0 Å². The monoisotopic (exact) mass is 1080 g/mol. The highest BCUT2D eigenvalue weighted by molar-refractivity contribution is 5.70. The van der Waals surface area contributed by atoms with Gasteiger partial charge in [-0.25, -0.2) is 0 Å². The number of carbonyl (C=O) groups excluding carboxylic acids is 3. The summed E-state index contributed by atoms with van der Waals surface area (Å²) in [4.78, 5) is 43.2. The molecule has 0 saturated heterocycles. The zero-order valence-corrected chi connectivity index (χ0v) is 50.3. The quantitative estimate of drug-likeness (QED) is 0.0190. The van der Waals surface area contributed by atoms with E-state index in [4.69, 9.17) is 33.2 Å². The number of nitrogens with zero attached hydrogens (tertiary/aromatic N) is 1. The number of allylic oxidation sites excluding steroid dienone is 8. The first kappa shape index (κ1) is 68.4. The molecule has 4 unspecified atom stereocenters. The largest absolute Gasteiger partial charge is 0.465 e. The van der Waals surface area contributed by atoms with E-state index >= 15 is 0 Å². The lowest BCUT2D eigenvalue weighted by atomic mass is 9.51. The number of carbonyl (C=O) groups is 3. The lowest BCUT2D eigenvalue weighted by molar-refractivity contribution is -0.170. The first-order valence-electron chi connectivity index (χ1n) is 31.8. The van der Waals surface area contributed by atoms with Gasteiger partial charge in [0.15, 0.2) is 12.6 Å². The number of rotatable bonds is 50. The highest BCUT2D eigenvalue weighted by Crippen LogP contribution is 2.66. The fraction of sp³-hybridized carbons (Fsp3) is 0.833. The Balaban J connectivity index is 1.67. The molecule has 77 heavy (non-hydrogen) atoms. The molecule has 11 nitrogen and oxygen atoms in total. The van der Waals surface area contributed by atoms with Crippen LogP contribution in [0.1, 0.15) is 253 Å². The van der Waals surface area contributed by atoms with Gasteiger partial charge >= 0.3 is 17.9 Å². The van der Waals surface area contributed by atoms with Gasteiger partial charge in [0.1, 0.15) is 0 Å². The van der Waals surface area contributed by atoms with Crippen molar-refractivity contribution in [3.63, 3.8) is 0 Å². The molecule has 0 heterocycles. The van der Waals surface area contributed by atoms with E-state index in [0.717, 1.165) is 199 Å². The van der Waals surface area contributed by atoms with Crippen molar-refractivity contribution in [3.05, 3.63) is 48.6 Å². The molecule has 4 aliphatic rings. The van der Waals surface area contributed by atoms with Gasteiger partial charge in [-0.3, -0.25) is 14.4 Å². The number of hydrogen-bond donors (Lipinski definition) is 0.